The molecular formula is C20H21N3O3. The van der Waals surface area contributed by atoms with Crippen molar-refractivity contribution in [1.29, 1.82) is 0 Å². The average molecular weight is 351 g/mol. The lowest BCUT2D eigenvalue weighted by Gasteiger charge is -2.13. The topological polar surface area (TPSA) is 95.1 Å². The summed E-state index contributed by atoms with van der Waals surface area (Å²) in [6.45, 7) is 2.08. The summed E-state index contributed by atoms with van der Waals surface area (Å²) < 4.78 is 0. The van der Waals surface area contributed by atoms with Crippen molar-refractivity contribution in [2.75, 3.05) is 6.54 Å². The predicted octanol–water partition coefficient (Wildman–Crippen LogP) is 2.47. The molecular weight excluding hydrogens is 330 g/mol. The molecule has 3 N–H and O–H groups in total. The van der Waals surface area contributed by atoms with E-state index in [1.165, 1.54) is 0 Å². The summed E-state index contributed by atoms with van der Waals surface area (Å²) >= 11 is 0. The number of aromatic nitrogens is 2. The summed E-state index contributed by atoms with van der Waals surface area (Å²) in [5.74, 6) is -1.80. The fraction of sp³-hybridized carbons (Fsp3) is 0.250. The maximum atomic E-state index is 12.2. The van der Waals surface area contributed by atoms with Gasteiger partial charge in [0.1, 0.15) is 0 Å². The number of aromatic amines is 1. The van der Waals surface area contributed by atoms with Crippen molar-refractivity contribution in [3.05, 3.63) is 65.5 Å². The average Bonchev–Trinajstić information content (AvgIpc) is 3.03. The molecule has 0 saturated carbocycles. The van der Waals surface area contributed by atoms with Gasteiger partial charge in [-0.25, -0.2) is 0 Å². The highest BCUT2D eigenvalue weighted by molar-refractivity contribution is 5.86. The largest absolute Gasteiger partial charge is 0.481 e. The van der Waals surface area contributed by atoms with Gasteiger partial charge >= 0.3 is 5.97 Å². The number of amides is 1. The first-order valence-corrected chi connectivity index (χ1v) is 8.49. The third-order valence-corrected chi connectivity index (χ3v) is 4.36. The van der Waals surface area contributed by atoms with Gasteiger partial charge in [0, 0.05) is 24.5 Å². The molecule has 2 aromatic heterocycles. The van der Waals surface area contributed by atoms with E-state index in [1.807, 2.05) is 43.3 Å². The van der Waals surface area contributed by atoms with E-state index in [0.717, 1.165) is 27.7 Å². The molecule has 1 atom stereocenters. The Bertz CT molecular complexity index is 915. The quantitative estimate of drug-likeness (QED) is 0.609. The number of hydrogen-bond donors (Lipinski definition) is 3. The number of aryl methyl sites for hydroxylation is 1. The Labute approximate surface area is 151 Å². The number of benzene rings is 1. The molecule has 0 radical (unpaired) electrons. The zero-order valence-electron chi connectivity index (χ0n) is 14.5. The molecule has 134 valence electrons. The van der Waals surface area contributed by atoms with Gasteiger partial charge in [-0.2, -0.15) is 0 Å². The lowest BCUT2D eigenvalue weighted by Crippen LogP contribution is -2.34. The normalized spacial score (nSPS) is 12.0. The molecule has 6 nitrogen and oxygen atoms in total. The first-order chi connectivity index (χ1) is 12.5. The lowest BCUT2D eigenvalue weighted by molar-refractivity contribution is -0.141. The molecule has 1 amide bonds. The van der Waals surface area contributed by atoms with Gasteiger partial charge in [-0.3, -0.25) is 14.6 Å². The van der Waals surface area contributed by atoms with Gasteiger partial charge in [-0.1, -0.05) is 29.8 Å². The minimum atomic E-state index is -0.917. The summed E-state index contributed by atoms with van der Waals surface area (Å²) in [5, 5.41) is 12.2. The third-order valence-electron chi connectivity index (χ3n) is 4.36. The fourth-order valence-corrected chi connectivity index (χ4v) is 2.87. The second-order valence-electron chi connectivity index (χ2n) is 6.42. The summed E-state index contributed by atoms with van der Waals surface area (Å²) in [6, 6.07) is 11.5. The van der Waals surface area contributed by atoms with Crippen LogP contribution in [0.1, 0.15) is 16.7 Å². The monoisotopic (exact) mass is 351 g/mol. The van der Waals surface area contributed by atoms with Crippen LogP contribution < -0.4 is 5.32 Å². The Morgan fingerprint density at radius 3 is 2.73 bits per heavy atom. The maximum absolute atomic E-state index is 12.2. The van der Waals surface area contributed by atoms with E-state index in [4.69, 9.17) is 0 Å². The van der Waals surface area contributed by atoms with Gasteiger partial charge in [-0.15, -0.1) is 0 Å². The van der Waals surface area contributed by atoms with E-state index in [-0.39, 0.29) is 18.9 Å². The number of carboxylic acids is 1. The maximum Gasteiger partial charge on any atom is 0.308 e. The molecule has 0 aliphatic carbocycles. The SMILES string of the molecule is Cc1ccc(CC(CNC(=O)Cc2c[nH]c3cccnc23)C(=O)O)cc1. The number of nitrogens with one attached hydrogen (secondary N) is 2. The van der Waals surface area contributed by atoms with Gasteiger partial charge < -0.3 is 15.4 Å². The predicted molar refractivity (Wildman–Crippen MR) is 98.8 cm³/mol. The molecule has 1 unspecified atom stereocenters. The molecule has 0 aliphatic rings. The highest BCUT2D eigenvalue weighted by Gasteiger charge is 2.19. The Kier molecular flexibility index (Phi) is 5.31. The molecule has 3 rings (SSSR count). The first kappa shape index (κ1) is 17.7. The number of rotatable bonds is 7. The summed E-state index contributed by atoms with van der Waals surface area (Å²) in [6.07, 6.45) is 3.98. The number of carboxylic acid groups (broad SMARTS) is 1. The number of nitrogens with zero attached hydrogens (tertiary/aromatic N) is 1. The van der Waals surface area contributed by atoms with Crippen LogP contribution in [0.2, 0.25) is 0 Å². The van der Waals surface area contributed by atoms with E-state index in [9.17, 15) is 14.7 Å². The zero-order valence-corrected chi connectivity index (χ0v) is 14.5. The highest BCUT2D eigenvalue weighted by Crippen LogP contribution is 2.15. The Hall–Kier alpha value is -3.15. The van der Waals surface area contributed by atoms with Crippen molar-refractivity contribution in [2.45, 2.75) is 19.8 Å². The van der Waals surface area contributed by atoms with Crippen LogP contribution in [0, 0.1) is 12.8 Å². The zero-order chi connectivity index (χ0) is 18.5. The molecule has 26 heavy (non-hydrogen) atoms. The van der Waals surface area contributed by atoms with Crippen LogP contribution >= 0.6 is 0 Å². The van der Waals surface area contributed by atoms with E-state index >= 15 is 0 Å². The second kappa shape index (κ2) is 7.82. The van der Waals surface area contributed by atoms with Crippen molar-refractivity contribution in [3.8, 4) is 0 Å². The van der Waals surface area contributed by atoms with E-state index in [1.54, 1.807) is 12.4 Å². The van der Waals surface area contributed by atoms with E-state index in [2.05, 4.69) is 15.3 Å². The van der Waals surface area contributed by atoms with Gasteiger partial charge in [0.2, 0.25) is 5.91 Å². The van der Waals surface area contributed by atoms with Crippen LogP contribution in [0.15, 0.2) is 48.8 Å². The molecule has 0 fully saturated rings. The Morgan fingerprint density at radius 1 is 1.23 bits per heavy atom. The summed E-state index contributed by atoms with van der Waals surface area (Å²) in [5.41, 5.74) is 4.50. The number of fused-ring (bicyclic) bond motifs is 1. The van der Waals surface area contributed by atoms with Crippen LogP contribution in [0.3, 0.4) is 0 Å². The minimum Gasteiger partial charge on any atom is -0.481 e. The number of aliphatic carboxylic acids is 1. The van der Waals surface area contributed by atoms with E-state index < -0.39 is 11.9 Å². The number of H-pyrrole nitrogens is 1. The van der Waals surface area contributed by atoms with Crippen molar-refractivity contribution in [3.63, 3.8) is 0 Å². The van der Waals surface area contributed by atoms with Crippen LogP contribution in [0.25, 0.3) is 11.0 Å². The van der Waals surface area contributed by atoms with Crippen LogP contribution in [-0.2, 0) is 22.4 Å². The summed E-state index contributed by atoms with van der Waals surface area (Å²) in [7, 11) is 0. The fourth-order valence-electron chi connectivity index (χ4n) is 2.87. The molecule has 0 saturated heterocycles. The summed E-state index contributed by atoms with van der Waals surface area (Å²) in [4.78, 5) is 31.1. The van der Waals surface area contributed by atoms with Crippen molar-refractivity contribution in [2.24, 2.45) is 5.92 Å². The Morgan fingerprint density at radius 2 is 2.00 bits per heavy atom. The standard InChI is InChI=1S/C20H21N3O3/c1-13-4-6-14(7-5-13)9-16(20(25)26)12-23-18(24)10-15-11-22-17-3-2-8-21-19(15)17/h2-8,11,16,22H,9-10,12H2,1H3,(H,23,24)(H,25,26). The number of carbonyl (C=O) groups excluding carboxylic acids is 1. The lowest BCUT2D eigenvalue weighted by atomic mass is 9.98. The smallest absolute Gasteiger partial charge is 0.308 e. The minimum absolute atomic E-state index is 0.0951. The number of hydrogen-bond acceptors (Lipinski definition) is 3. The molecule has 0 aliphatic heterocycles. The van der Waals surface area contributed by atoms with Crippen molar-refractivity contribution in [1.82, 2.24) is 15.3 Å². The molecule has 6 heteroatoms. The third kappa shape index (κ3) is 4.27. The van der Waals surface area contributed by atoms with Crippen LogP contribution in [-0.4, -0.2) is 33.5 Å². The van der Waals surface area contributed by atoms with Gasteiger partial charge in [0.15, 0.2) is 0 Å². The van der Waals surface area contributed by atoms with Crippen molar-refractivity contribution >= 4 is 22.9 Å². The van der Waals surface area contributed by atoms with Gasteiger partial charge in [-0.05, 0) is 31.0 Å². The van der Waals surface area contributed by atoms with Crippen molar-refractivity contribution < 1.29 is 14.7 Å². The van der Waals surface area contributed by atoms with Crippen LogP contribution in [0.5, 0.6) is 0 Å². The Balaban J connectivity index is 1.59. The molecule has 1 aromatic carbocycles. The van der Waals surface area contributed by atoms with E-state index in [0.29, 0.717) is 6.42 Å². The van der Waals surface area contributed by atoms with Crippen LogP contribution in [0.4, 0.5) is 0 Å². The van der Waals surface area contributed by atoms with Gasteiger partial charge in [0.25, 0.3) is 0 Å². The molecule has 0 bridgehead atoms. The molecule has 3 aromatic rings. The van der Waals surface area contributed by atoms with Gasteiger partial charge in [0.05, 0.1) is 23.4 Å². The number of pyridine rings is 1. The highest BCUT2D eigenvalue weighted by atomic mass is 16.4. The number of carbonyl (C=O) groups is 2. The molecule has 0 spiro atoms. The first-order valence-electron chi connectivity index (χ1n) is 8.49. The second-order valence-corrected chi connectivity index (χ2v) is 6.42. The molecule has 2 heterocycles.